The van der Waals surface area contributed by atoms with Gasteiger partial charge in [0.1, 0.15) is 4.83 Å². The summed E-state index contributed by atoms with van der Waals surface area (Å²) in [6.45, 7) is 0. The molecular weight excluding hydrogens is 593 g/mol. The highest BCUT2D eigenvalue weighted by atomic mass is 32.1. The van der Waals surface area contributed by atoms with Crippen LogP contribution in [0.1, 0.15) is 0 Å². The van der Waals surface area contributed by atoms with Crippen LogP contribution in [0.2, 0.25) is 0 Å². The Balaban J connectivity index is 1.25. The number of hydrogen-bond acceptors (Lipinski definition) is 5. The van der Waals surface area contributed by atoms with Crippen molar-refractivity contribution in [2.24, 2.45) is 0 Å². The van der Waals surface area contributed by atoms with Crippen LogP contribution in [0.3, 0.4) is 0 Å². The first kappa shape index (κ1) is 24.6. The summed E-state index contributed by atoms with van der Waals surface area (Å²) in [4.78, 5) is 8.53. The second kappa shape index (κ2) is 9.34. The molecule has 0 atom stereocenters. The molecule has 6 aromatic carbocycles. The smallest absolute Gasteiger partial charge is 0.124 e. The second-order valence-corrected chi connectivity index (χ2v) is 14.4. The highest BCUT2D eigenvalue weighted by molar-refractivity contribution is 7.26. The predicted molar refractivity (Wildman–Crippen MR) is 195 cm³/mol. The molecule has 0 saturated heterocycles. The topological polar surface area (TPSA) is 16.1 Å². The first-order valence-corrected chi connectivity index (χ1v) is 17.1. The van der Waals surface area contributed by atoms with Crippen molar-refractivity contribution in [3.8, 4) is 0 Å². The third-order valence-electron chi connectivity index (χ3n) is 8.70. The summed E-state index contributed by atoms with van der Waals surface area (Å²) in [5.74, 6) is 0. The highest BCUT2D eigenvalue weighted by Crippen LogP contribution is 2.45. The molecule has 4 heterocycles. The standard InChI is InChI=1S/C39H22N2S3/c1-2-8-27-23(7-1)13-17-36-38(27)32-20-26(22-40-39(32)44-36)41(24-15-18-35-31(19-24)29-10-4-6-12-34(29)42-35)25-14-16-30-28-9-3-5-11-33(28)43-37(30)21-25/h1-22H. The average molecular weight is 615 g/mol. The van der Waals surface area contributed by atoms with Crippen LogP contribution in [0.15, 0.2) is 134 Å². The Morgan fingerprint density at radius 3 is 1.89 bits per heavy atom. The molecule has 0 spiro atoms. The van der Waals surface area contributed by atoms with E-state index in [1.54, 1.807) is 11.3 Å². The molecule has 10 rings (SSSR count). The van der Waals surface area contributed by atoms with Gasteiger partial charge >= 0.3 is 0 Å². The summed E-state index contributed by atoms with van der Waals surface area (Å²) in [6.07, 6.45) is 2.05. The van der Waals surface area contributed by atoms with Crippen LogP contribution in [0, 0.1) is 0 Å². The molecule has 0 aliphatic heterocycles. The molecule has 206 valence electrons. The molecular formula is C39H22N2S3. The van der Waals surface area contributed by atoms with Gasteiger partial charge in [-0.1, -0.05) is 72.8 Å². The van der Waals surface area contributed by atoms with E-state index < -0.39 is 0 Å². The Kier molecular flexibility index (Phi) is 5.23. The number of anilines is 3. The van der Waals surface area contributed by atoms with E-state index in [4.69, 9.17) is 4.98 Å². The molecule has 0 fully saturated rings. The van der Waals surface area contributed by atoms with Crippen LogP contribution in [0.4, 0.5) is 17.1 Å². The fourth-order valence-corrected chi connectivity index (χ4v) is 9.96. The van der Waals surface area contributed by atoms with Crippen LogP contribution >= 0.6 is 34.0 Å². The summed E-state index contributed by atoms with van der Waals surface area (Å²) < 4.78 is 6.50. The number of aromatic nitrogens is 1. The van der Waals surface area contributed by atoms with Crippen molar-refractivity contribution in [1.82, 2.24) is 4.98 Å². The molecule has 0 aliphatic carbocycles. The Bertz CT molecular complexity index is 2750. The van der Waals surface area contributed by atoms with Gasteiger partial charge in [-0.2, -0.15) is 0 Å². The first-order valence-electron chi connectivity index (χ1n) is 14.6. The zero-order valence-corrected chi connectivity index (χ0v) is 25.8. The van der Waals surface area contributed by atoms with Crippen molar-refractivity contribution < 1.29 is 0 Å². The Hall–Kier alpha value is -4.81. The van der Waals surface area contributed by atoms with Crippen LogP contribution in [0.25, 0.3) is 71.4 Å². The fraction of sp³-hybridized carbons (Fsp3) is 0. The SMILES string of the molecule is c1ccc2c(c1)ccc1sc3ncc(N(c4ccc5c(c4)sc4ccccc45)c4ccc5sc6ccccc6c5c4)cc3c12. The number of pyridine rings is 1. The summed E-state index contributed by atoms with van der Waals surface area (Å²) in [7, 11) is 0. The van der Waals surface area contributed by atoms with E-state index in [9.17, 15) is 0 Å². The largest absolute Gasteiger partial charge is 0.309 e. The van der Waals surface area contributed by atoms with E-state index in [1.165, 1.54) is 66.6 Å². The molecule has 0 saturated carbocycles. The maximum absolute atomic E-state index is 5.08. The van der Waals surface area contributed by atoms with Gasteiger partial charge in [0.2, 0.25) is 0 Å². The van der Waals surface area contributed by atoms with Crippen LogP contribution in [0.5, 0.6) is 0 Å². The molecule has 2 nitrogen and oxygen atoms in total. The van der Waals surface area contributed by atoms with Crippen molar-refractivity contribution in [3.63, 3.8) is 0 Å². The maximum Gasteiger partial charge on any atom is 0.124 e. The lowest BCUT2D eigenvalue weighted by molar-refractivity contribution is 1.27. The van der Waals surface area contributed by atoms with E-state index in [-0.39, 0.29) is 0 Å². The summed E-state index contributed by atoms with van der Waals surface area (Å²) in [5.41, 5.74) is 3.32. The summed E-state index contributed by atoms with van der Waals surface area (Å²) >= 11 is 5.48. The lowest BCUT2D eigenvalue weighted by atomic mass is 10.0. The van der Waals surface area contributed by atoms with Crippen molar-refractivity contribution in [1.29, 1.82) is 0 Å². The normalized spacial score (nSPS) is 12.1. The van der Waals surface area contributed by atoms with Crippen molar-refractivity contribution in [2.45, 2.75) is 0 Å². The van der Waals surface area contributed by atoms with Crippen molar-refractivity contribution in [3.05, 3.63) is 134 Å². The van der Waals surface area contributed by atoms with Crippen molar-refractivity contribution in [2.75, 3.05) is 4.90 Å². The zero-order chi connectivity index (χ0) is 28.8. The summed E-state index contributed by atoms with van der Waals surface area (Å²) in [5, 5.41) is 10.2. The van der Waals surface area contributed by atoms with Gasteiger partial charge in [0.05, 0.1) is 11.9 Å². The molecule has 44 heavy (non-hydrogen) atoms. The second-order valence-electron chi connectivity index (χ2n) is 11.2. The van der Waals surface area contributed by atoms with E-state index in [2.05, 4.69) is 132 Å². The molecule has 0 amide bonds. The summed E-state index contributed by atoms with van der Waals surface area (Å²) in [6, 6.07) is 46.7. The van der Waals surface area contributed by atoms with E-state index >= 15 is 0 Å². The van der Waals surface area contributed by atoms with E-state index in [1.807, 2.05) is 28.9 Å². The van der Waals surface area contributed by atoms with Gasteiger partial charge in [-0.05, 0) is 65.4 Å². The predicted octanol–water partition coefficient (Wildman–Crippen LogP) is 12.8. The van der Waals surface area contributed by atoms with Gasteiger partial charge in [-0.15, -0.1) is 34.0 Å². The molecule has 10 aromatic rings. The first-order chi connectivity index (χ1) is 21.8. The van der Waals surface area contributed by atoms with Gasteiger partial charge in [0.25, 0.3) is 0 Å². The van der Waals surface area contributed by atoms with E-state index in [0.717, 1.165) is 21.9 Å². The monoisotopic (exact) mass is 614 g/mol. The van der Waals surface area contributed by atoms with Gasteiger partial charge < -0.3 is 4.90 Å². The number of nitrogens with zero attached hydrogens (tertiary/aromatic N) is 2. The lowest BCUT2D eigenvalue weighted by Gasteiger charge is -2.25. The zero-order valence-electron chi connectivity index (χ0n) is 23.3. The van der Waals surface area contributed by atoms with Crippen LogP contribution in [-0.2, 0) is 0 Å². The molecule has 0 aliphatic rings. The van der Waals surface area contributed by atoms with Gasteiger partial charge in [0, 0.05) is 67.2 Å². The minimum absolute atomic E-state index is 1.06. The Labute approximate surface area is 264 Å². The average Bonchev–Trinajstić information content (AvgIpc) is 3.75. The minimum Gasteiger partial charge on any atom is -0.309 e. The molecule has 0 N–H and O–H groups in total. The quantitative estimate of drug-likeness (QED) is 0.197. The van der Waals surface area contributed by atoms with Crippen LogP contribution < -0.4 is 4.90 Å². The molecule has 0 radical (unpaired) electrons. The number of fused-ring (bicyclic) bond motifs is 11. The highest BCUT2D eigenvalue weighted by Gasteiger charge is 2.19. The van der Waals surface area contributed by atoms with Gasteiger partial charge in [-0.3, -0.25) is 0 Å². The van der Waals surface area contributed by atoms with Crippen molar-refractivity contribution >= 4 is 122 Å². The number of hydrogen-bond donors (Lipinski definition) is 0. The van der Waals surface area contributed by atoms with E-state index in [0.29, 0.717) is 0 Å². The Morgan fingerprint density at radius 1 is 0.409 bits per heavy atom. The maximum atomic E-state index is 5.08. The van der Waals surface area contributed by atoms with Gasteiger partial charge in [0.15, 0.2) is 0 Å². The number of rotatable bonds is 3. The third-order valence-corrected chi connectivity index (χ3v) is 12.1. The van der Waals surface area contributed by atoms with Gasteiger partial charge in [-0.25, -0.2) is 4.98 Å². The third kappa shape index (κ3) is 3.61. The Morgan fingerprint density at radius 2 is 1.02 bits per heavy atom. The fourth-order valence-electron chi connectivity index (χ4n) is 6.70. The lowest BCUT2D eigenvalue weighted by Crippen LogP contribution is -2.10. The number of thiophene rings is 3. The number of benzene rings is 6. The molecule has 0 unspecified atom stereocenters. The molecule has 4 aromatic heterocycles. The minimum atomic E-state index is 1.06. The molecule has 5 heteroatoms. The molecule has 0 bridgehead atoms. The van der Waals surface area contributed by atoms with Crippen LogP contribution in [-0.4, -0.2) is 4.98 Å².